The summed E-state index contributed by atoms with van der Waals surface area (Å²) < 4.78 is 19.0. The monoisotopic (exact) mass is 274 g/mol. The Morgan fingerprint density at radius 2 is 2.30 bits per heavy atom. The first kappa shape index (κ1) is 12.7. The molecule has 0 spiro atoms. The maximum Gasteiger partial charge on any atom is 0.268 e. The number of rotatable bonds is 2. The van der Waals surface area contributed by atoms with Crippen LogP contribution in [0.2, 0.25) is 0 Å². The standard InChI is InChI=1S/C15H15FN2O2/c16-10-5-6-14-11(9-10)12(4-2-8-20-14)18-15(19)13-3-1-7-17-13/h1,3,5-7,9,12,17H,2,4,8H2,(H,18,19). The lowest BCUT2D eigenvalue weighted by atomic mass is 10.0. The molecule has 1 aromatic heterocycles. The molecule has 0 bridgehead atoms. The number of amides is 1. The van der Waals surface area contributed by atoms with Gasteiger partial charge in [0.1, 0.15) is 17.3 Å². The van der Waals surface area contributed by atoms with Crippen LogP contribution in [0.1, 0.15) is 34.9 Å². The maximum atomic E-state index is 13.4. The molecule has 5 heteroatoms. The van der Waals surface area contributed by atoms with Crippen molar-refractivity contribution in [3.05, 3.63) is 53.6 Å². The molecule has 1 aromatic carbocycles. The first-order valence-electron chi connectivity index (χ1n) is 6.60. The van der Waals surface area contributed by atoms with Crippen LogP contribution >= 0.6 is 0 Å². The first-order valence-corrected chi connectivity index (χ1v) is 6.60. The van der Waals surface area contributed by atoms with E-state index in [9.17, 15) is 9.18 Å². The van der Waals surface area contributed by atoms with Crippen LogP contribution < -0.4 is 10.1 Å². The van der Waals surface area contributed by atoms with Crippen LogP contribution in [0.3, 0.4) is 0 Å². The van der Waals surface area contributed by atoms with Crippen LogP contribution in [0.25, 0.3) is 0 Å². The molecule has 0 saturated heterocycles. The fraction of sp³-hybridized carbons (Fsp3) is 0.267. The Bertz CT molecular complexity index is 610. The molecular weight excluding hydrogens is 259 g/mol. The summed E-state index contributed by atoms with van der Waals surface area (Å²) in [5.41, 5.74) is 1.19. The zero-order chi connectivity index (χ0) is 13.9. The van der Waals surface area contributed by atoms with Gasteiger partial charge in [-0.25, -0.2) is 4.39 Å². The van der Waals surface area contributed by atoms with Gasteiger partial charge < -0.3 is 15.0 Å². The number of halogens is 1. The molecule has 104 valence electrons. The molecule has 1 unspecified atom stereocenters. The molecule has 0 saturated carbocycles. The van der Waals surface area contributed by atoms with E-state index in [4.69, 9.17) is 4.74 Å². The minimum absolute atomic E-state index is 0.197. The summed E-state index contributed by atoms with van der Waals surface area (Å²) in [4.78, 5) is 15.0. The van der Waals surface area contributed by atoms with E-state index in [1.807, 2.05) is 0 Å². The molecule has 2 aromatic rings. The SMILES string of the molecule is O=C(NC1CCCOc2ccc(F)cc21)c1ccc[nH]1. The maximum absolute atomic E-state index is 13.4. The number of aromatic amines is 1. The molecule has 3 rings (SSSR count). The fourth-order valence-corrected chi connectivity index (χ4v) is 2.41. The van der Waals surface area contributed by atoms with Gasteiger partial charge in [-0.3, -0.25) is 4.79 Å². The van der Waals surface area contributed by atoms with Crippen molar-refractivity contribution in [3.63, 3.8) is 0 Å². The summed E-state index contributed by atoms with van der Waals surface area (Å²) in [6.07, 6.45) is 3.23. The van der Waals surface area contributed by atoms with Crippen LogP contribution in [0.15, 0.2) is 36.5 Å². The summed E-state index contributed by atoms with van der Waals surface area (Å²) in [5.74, 6) is 0.117. The van der Waals surface area contributed by atoms with Crippen molar-refractivity contribution in [3.8, 4) is 5.75 Å². The van der Waals surface area contributed by atoms with Crippen LogP contribution in [0.5, 0.6) is 5.75 Å². The number of H-pyrrole nitrogens is 1. The summed E-state index contributed by atoms with van der Waals surface area (Å²) in [7, 11) is 0. The Balaban J connectivity index is 1.86. The third-order valence-electron chi connectivity index (χ3n) is 3.39. The number of fused-ring (bicyclic) bond motifs is 1. The average Bonchev–Trinajstić information content (AvgIpc) is 2.91. The van der Waals surface area contributed by atoms with E-state index in [1.165, 1.54) is 12.1 Å². The van der Waals surface area contributed by atoms with Crippen molar-refractivity contribution in [1.82, 2.24) is 10.3 Å². The summed E-state index contributed by atoms with van der Waals surface area (Å²) >= 11 is 0. The summed E-state index contributed by atoms with van der Waals surface area (Å²) in [5, 5.41) is 2.93. The molecule has 1 aliphatic heterocycles. The Labute approximate surface area is 116 Å². The molecule has 2 heterocycles. The van der Waals surface area contributed by atoms with Crippen molar-refractivity contribution >= 4 is 5.91 Å². The smallest absolute Gasteiger partial charge is 0.268 e. The number of aromatic nitrogens is 1. The highest BCUT2D eigenvalue weighted by Crippen LogP contribution is 2.32. The third kappa shape index (κ3) is 2.52. The fourth-order valence-electron chi connectivity index (χ4n) is 2.41. The molecule has 1 amide bonds. The summed E-state index contributed by atoms with van der Waals surface area (Å²) in [6, 6.07) is 7.64. The van der Waals surface area contributed by atoms with Crippen LogP contribution in [0.4, 0.5) is 4.39 Å². The number of nitrogens with one attached hydrogen (secondary N) is 2. The second-order valence-corrected chi connectivity index (χ2v) is 4.78. The van der Waals surface area contributed by atoms with Crippen molar-refractivity contribution in [2.24, 2.45) is 0 Å². The predicted octanol–water partition coefficient (Wildman–Crippen LogP) is 2.80. The van der Waals surface area contributed by atoms with Crippen LogP contribution in [-0.2, 0) is 0 Å². The molecule has 2 N–H and O–H groups in total. The number of benzene rings is 1. The molecule has 4 nitrogen and oxygen atoms in total. The lowest BCUT2D eigenvalue weighted by Crippen LogP contribution is -2.28. The number of ether oxygens (including phenoxy) is 1. The predicted molar refractivity (Wildman–Crippen MR) is 72.1 cm³/mol. The first-order chi connectivity index (χ1) is 9.74. The molecule has 0 radical (unpaired) electrons. The minimum Gasteiger partial charge on any atom is -0.493 e. The number of hydrogen-bond donors (Lipinski definition) is 2. The molecule has 20 heavy (non-hydrogen) atoms. The van der Waals surface area contributed by atoms with E-state index in [-0.39, 0.29) is 17.8 Å². The van der Waals surface area contributed by atoms with Gasteiger partial charge in [0.15, 0.2) is 0 Å². The van der Waals surface area contributed by atoms with Gasteiger partial charge in [0.25, 0.3) is 5.91 Å². The van der Waals surface area contributed by atoms with E-state index >= 15 is 0 Å². The number of hydrogen-bond acceptors (Lipinski definition) is 2. The van der Waals surface area contributed by atoms with E-state index in [0.29, 0.717) is 23.6 Å². The van der Waals surface area contributed by atoms with E-state index in [1.54, 1.807) is 24.4 Å². The quantitative estimate of drug-likeness (QED) is 0.884. The third-order valence-corrected chi connectivity index (χ3v) is 3.39. The Kier molecular flexibility index (Phi) is 3.41. The zero-order valence-electron chi connectivity index (χ0n) is 10.9. The van der Waals surface area contributed by atoms with Crippen molar-refractivity contribution < 1.29 is 13.9 Å². The largest absolute Gasteiger partial charge is 0.493 e. The Hall–Kier alpha value is -2.30. The number of carbonyl (C=O) groups is 1. The topological polar surface area (TPSA) is 54.1 Å². The van der Waals surface area contributed by atoms with Gasteiger partial charge >= 0.3 is 0 Å². The van der Waals surface area contributed by atoms with Crippen LogP contribution in [-0.4, -0.2) is 17.5 Å². The highest BCUT2D eigenvalue weighted by atomic mass is 19.1. The summed E-state index contributed by atoms with van der Waals surface area (Å²) in [6.45, 7) is 0.577. The molecule has 1 atom stereocenters. The van der Waals surface area contributed by atoms with Gasteiger partial charge in [-0.15, -0.1) is 0 Å². The zero-order valence-corrected chi connectivity index (χ0v) is 10.9. The second-order valence-electron chi connectivity index (χ2n) is 4.78. The minimum atomic E-state index is -0.326. The Morgan fingerprint density at radius 3 is 3.10 bits per heavy atom. The van der Waals surface area contributed by atoms with Gasteiger partial charge in [-0.05, 0) is 43.2 Å². The average molecular weight is 274 g/mol. The van der Waals surface area contributed by atoms with Crippen LogP contribution in [0, 0.1) is 5.82 Å². The van der Waals surface area contributed by atoms with Crippen molar-refractivity contribution in [2.75, 3.05) is 6.61 Å². The van der Waals surface area contributed by atoms with Gasteiger partial charge in [0, 0.05) is 11.8 Å². The Morgan fingerprint density at radius 1 is 1.40 bits per heavy atom. The lowest BCUT2D eigenvalue weighted by molar-refractivity contribution is 0.0930. The van der Waals surface area contributed by atoms with E-state index < -0.39 is 0 Å². The van der Waals surface area contributed by atoms with E-state index in [2.05, 4.69) is 10.3 Å². The van der Waals surface area contributed by atoms with Gasteiger partial charge in [0.2, 0.25) is 0 Å². The molecular formula is C15H15FN2O2. The lowest BCUT2D eigenvalue weighted by Gasteiger charge is -2.18. The van der Waals surface area contributed by atoms with Crippen molar-refractivity contribution in [1.29, 1.82) is 0 Å². The van der Waals surface area contributed by atoms with Gasteiger partial charge in [0.05, 0.1) is 12.6 Å². The normalized spacial score (nSPS) is 17.8. The number of carbonyl (C=O) groups excluding carboxylic acids is 1. The highest BCUT2D eigenvalue weighted by Gasteiger charge is 2.22. The van der Waals surface area contributed by atoms with E-state index in [0.717, 1.165) is 12.8 Å². The molecule has 0 fully saturated rings. The second kappa shape index (κ2) is 5.36. The molecule has 1 aliphatic rings. The van der Waals surface area contributed by atoms with Gasteiger partial charge in [-0.2, -0.15) is 0 Å². The highest BCUT2D eigenvalue weighted by molar-refractivity contribution is 5.92. The van der Waals surface area contributed by atoms with Gasteiger partial charge in [-0.1, -0.05) is 0 Å². The molecule has 0 aliphatic carbocycles. The van der Waals surface area contributed by atoms with Crippen molar-refractivity contribution in [2.45, 2.75) is 18.9 Å².